The third-order valence-electron chi connectivity index (χ3n) is 1.61. The van der Waals surface area contributed by atoms with E-state index in [-0.39, 0.29) is 0 Å². The maximum Gasteiger partial charge on any atom is 0.0569 e. The second-order valence-electron chi connectivity index (χ2n) is 2.61. The number of rotatable bonds is 0. The van der Waals surface area contributed by atoms with Crippen molar-refractivity contribution in [2.24, 2.45) is 0 Å². The molecule has 0 amide bonds. The van der Waals surface area contributed by atoms with Gasteiger partial charge in [-0.3, -0.25) is 0 Å². The van der Waals surface area contributed by atoms with Gasteiger partial charge in [-0.1, -0.05) is 0 Å². The van der Waals surface area contributed by atoms with Gasteiger partial charge in [-0.15, -0.1) is 48.8 Å². The maximum atomic E-state index is 4.38. The van der Waals surface area contributed by atoms with E-state index in [0.717, 1.165) is 33.1 Å². The van der Waals surface area contributed by atoms with Crippen LogP contribution in [0.3, 0.4) is 0 Å². The van der Waals surface area contributed by atoms with E-state index in [0.29, 0.717) is 0 Å². The van der Waals surface area contributed by atoms with Crippen LogP contribution >= 0.6 is 48.8 Å². The summed E-state index contributed by atoms with van der Waals surface area (Å²) in [6.07, 6.45) is 0. The van der Waals surface area contributed by atoms with Crippen molar-refractivity contribution in [2.75, 3.05) is 31.6 Å². The Morgan fingerprint density at radius 1 is 1.08 bits per heavy atom. The molecule has 0 saturated heterocycles. The Bertz CT molecular complexity index is 162. The van der Waals surface area contributed by atoms with Crippen LogP contribution in [0.5, 0.6) is 0 Å². The predicted molar refractivity (Wildman–Crippen MR) is 67.4 cm³/mol. The lowest BCUT2D eigenvalue weighted by atomic mass is 10.6. The molecule has 5 heteroatoms. The molecule has 0 aromatic heterocycles. The van der Waals surface area contributed by atoms with E-state index in [1.807, 2.05) is 0 Å². The highest BCUT2D eigenvalue weighted by Crippen LogP contribution is 2.33. The lowest BCUT2D eigenvalue weighted by Crippen LogP contribution is -2.23. The van der Waals surface area contributed by atoms with Gasteiger partial charge in [0.15, 0.2) is 0 Å². The molecule has 0 aromatic rings. The van der Waals surface area contributed by atoms with Gasteiger partial charge in [0.1, 0.15) is 0 Å². The monoisotopic (exact) mass is 239 g/mol. The minimum absolute atomic E-state index is 1.07. The topological polar surface area (TPSA) is 3.24 Å². The van der Waals surface area contributed by atoms with E-state index in [9.17, 15) is 0 Å². The minimum atomic E-state index is 1.07. The summed E-state index contributed by atoms with van der Waals surface area (Å²) >= 11 is 12.3. The summed E-state index contributed by atoms with van der Waals surface area (Å²) in [6, 6.07) is 0. The van der Waals surface area contributed by atoms with Crippen molar-refractivity contribution in [1.82, 2.24) is 4.90 Å². The van der Waals surface area contributed by atoms with E-state index in [4.69, 9.17) is 0 Å². The first kappa shape index (κ1) is 11.2. The Balaban J connectivity index is 2.50. The van der Waals surface area contributed by atoms with Crippen LogP contribution in [0.25, 0.3) is 0 Å². The zero-order valence-electron chi connectivity index (χ0n) is 6.99. The average molecular weight is 239 g/mol. The minimum Gasteiger partial charge on any atom is -0.305 e. The van der Waals surface area contributed by atoms with Gasteiger partial charge in [0.25, 0.3) is 0 Å². The van der Waals surface area contributed by atoms with E-state index in [1.165, 1.54) is 0 Å². The highest BCUT2D eigenvalue weighted by molar-refractivity contribution is 8.21. The van der Waals surface area contributed by atoms with Gasteiger partial charge >= 0.3 is 0 Å². The number of thioether (sulfide) groups is 2. The first-order chi connectivity index (χ1) is 5.70. The SMILES string of the molecule is CN1CCS/C(S)=C(/S)SCC1. The number of hydrogen-bond acceptors (Lipinski definition) is 5. The summed E-state index contributed by atoms with van der Waals surface area (Å²) in [4.78, 5) is 2.34. The molecule has 1 heterocycles. The number of nitrogens with zero attached hydrogens (tertiary/aromatic N) is 1. The van der Waals surface area contributed by atoms with Crippen LogP contribution < -0.4 is 0 Å². The Hall–Kier alpha value is 1.10. The Labute approximate surface area is 93.5 Å². The van der Waals surface area contributed by atoms with Gasteiger partial charge < -0.3 is 4.90 Å². The van der Waals surface area contributed by atoms with Gasteiger partial charge in [0.2, 0.25) is 0 Å². The van der Waals surface area contributed by atoms with E-state index in [1.54, 1.807) is 23.5 Å². The third kappa shape index (κ3) is 3.87. The van der Waals surface area contributed by atoms with Crippen molar-refractivity contribution >= 4 is 48.8 Å². The first-order valence-corrected chi connectivity index (χ1v) is 6.63. The van der Waals surface area contributed by atoms with Gasteiger partial charge in [-0.2, -0.15) is 0 Å². The molecular formula is C7H13NS4. The summed E-state index contributed by atoms with van der Waals surface area (Å²) in [5.41, 5.74) is 0. The zero-order valence-corrected chi connectivity index (χ0v) is 10.4. The average Bonchev–Trinajstić information content (AvgIpc) is 2.08. The molecule has 0 unspecified atom stereocenters. The van der Waals surface area contributed by atoms with E-state index >= 15 is 0 Å². The van der Waals surface area contributed by atoms with Crippen LogP contribution in [0.4, 0.5) is 0 Å². The molecule has 0 spiro atoms. The Morgan fingerprint density at radius 2 is 1.50 bits per heavy atom. The van der Waals surface area contributed by atoms with Crippen molar-refractivity contribution in [3.05, 3.63) is 8.47 Å². The summed E-state index contributed by atoms with van der Waals surface area (Å²) in [7, 11) is 2.16. The normalized spacial score (nSPS) is 29.2. The molecule has 0 radical (unpaired) electrons. The molecule has 1 aliphatic rings. The number of hydrogen-bond donors (Lipinski definition) is 2. The van der Waals surface area contributed by atoms with Crippen molar-refractivity contribution in [3.8, 4) is 0 Å². The predicted octanol–water partition coefficient (Wildman–Crippen LogP) is 2.38. The maximum absolute atomic E-state index is 4.38. The molecule has 1 aliphatic heterocycles. The molecule has 0 aromatic carbocycles. The van der Waals surface area contributed by atoms with Gasteiger partial charge in [0.05, 0.1) is 8.47 Å². The van der Waals surface area contributed by atoms with E-state index in [2.05, 4.69) is 37.2 Å². The fourth-order valence-electron chi connectivity index (χ4n) is 0.832. The molecule has 12 heavy (non-hydrogen) atoms. The quantitative estimate of drug-likeness (QED) is 0.625. The van der Waals surface area contributed by atoms with Crippen LogP contribution in [0, 0.1) is 0 Å². The van der Waals surface area contributed by atoms with Gasteiger partial charge in [0, 0.05) is 24.6 Å². The Morgan fingerprint density at radius 3 is 1.92 bits per heavy atom. The van der Waals surface area contributed by atoms with Crippen LogP contribution in [0.15, 0.2) is 8.47 Å². The highest BCUT2D eigenvalue weighted by Gasteiger charge is 2.06. The lowest BCUT2D eigenvalue weighted by molar-refractivity contribution is 0.380. The molecule has 1 rings (SSSR count). The fraction of sp³-hybridized carbons (Fsp3) is 0.714. The molecule has 0 bridgehead atoms. The standard InChI is InChI=1S/C7H13NS4/c1-8-2-4-11-6(9)7(10)12-5-3-8/h9-10H,2-5H2,1H3/b7-6-. The molecule has 70 valence electrons. The summed E-state index contributed by atoms with van der Waals surface area (Å²) < 4.78 is 2.14. The van der Waals surface area contributed by atoms with Crippen LogP contribution in [0.1, 0.15) is 0 Å². The van der Waals surface area contributed by atoms with Gasteiger partial charge in [-0.25, -0.2) is 0 Å². The van der Waals surface area contributed by atoms with Gasteiger partial charge in [-0.05, 0) is 7.05 Å². The summed E-state index contributed by atoms with van der Waals surface area (Å²) in [6.45, 7) is 2.27. The molecule has 0 N–H and O–H groups in total. The smallest absolute Gasteiger partial charge is 0.0569 e. The summed E-state index contributed by atoms with van der Waals surface area (Å²) in [5, 5.41) is 0. The molecule has 0 aliphatic carbocycles. The van der Waals surface area contributed by atoms with Crippen molar-refractivity contribution in [3.63, 3.8) is 0 Å². The van der Waals surface area contributed by atoms with Crippen molar-refractivity contribution in [2.45, 2.75) is 0 Å². The third-order valence-corrected chi connectivity index (χ3v) is 5.17. The largest absolute Gasteiger partial charge is 0.305 e. The van der Waals surface area contributed by atoms with E-state index < -0.39 is 0 Å². The van der Waals surface area contributed by atoms with Crippen molar-refractivity contribution < 1.29 is 0 Å². The second kappa shape index (κ2) is 5.75. The van der Waals surface area contributed by atoms with Crippen LogP contribution in [0.2, 0.25) is 0 Å². The molecule has 0 fully saturated rings. The lowest BCUT2D eigenvalue weighted by Gasteiger charge is -2.13. The highest BCUT2D eigenvalue weighted by atomic mass is 32.2. The molecule has 0 saturated carbocycles. The second-order valence-corrected chi connectivity index (χ2v) is 6.32. The summed E-state index contributed by atoms with van der Waals surface area (Å²) in [5.74, 6) is 2.22. The fourth-order valence-corrected chi connectivity index (χ4v) is 3.56. The van der Waals surface area contributed by atoms with Crippen molar-refractivity contribution in [1.29, 1.82) is 0 Å². The first-order valence-electron chi connectivity index (χ1n) is 3.76. The van der Waals surface area contributed by atoms with Crippen LogP contribution in [-0.4, -0.2) is 36.5 Å². The number of thiol groups is 2. The van der Waals surface area contributed by atoms with Crippen LogP contribution in [-0.2, 0) is 0 Å². The Kier molecular flexibility index (Phi) is 5.36. The molecule has 1 nitrogen and oxygen atoms in total. The molecule has 0 atom stereocenters. The molecular weight excluding hydrogens is 226 g/mol. The zero-order chi connectivity index (χ0) is 8.97.